The summed E-state index contributed by atoms with van der Waals surface area (Å²) in [6.07, 6.45) is -4.47. The van der Waals surface area contributed by atoms with Gasteiger partial charge < -0.3 is 20.3 Å². The molecule has 1 aliphatic rings. The Morgan fingerprint density at radius 1 is 1.00 bits per heavy atom. The molecule has 0 saturated carbocycles. The van der Waals surface area contributed by atoms with E-state index in [1.165, 1.54) is 12.1 Å². The predicted molar refractivity (Wildman–Crippen MR) is 156 cm³/mol. The molecule has 2 amide bonds. The molecule has 1 atom stereocenters. The molecule has 2 N–H and O–H groups in total. The van der Waals surface area contributed by atoms with E-state index in [4.69, 9.17) is 9.72 Å². The molecule has 3 aromatic rings. The number of hydrogen-bond donors (Lipinski definition) is 2. The lowest BCUT2D eigenvalue weighted by atomic mass is 10.1. The van der Waals surface area contributed by atoms with Gasteiger partial charge in [0.05, 0.1) is 35.8 Å². The van der Waals surface area contributed by atoms with Crippen LogP contribution in [0.4, 0.5) is 35.2 Å². The monoisotopic (exact) mass is 605 g/mol. The summed E-state index contributed by atoms with van der Waals surface area (Å²) in [4.78, 5) is 24.0. The molecular formula is C29H34F3N5O4S. The van der Waals surface area contributed by atoms with Crippen LogP contribution in [0, 0.1) is 0 Å². The average Bonchev–Trinajstić information content (AvgIpc) is 2.93. The highest BCUT2D eigenvalue weighted by molar-refractivity contribution is 7.92. The van der Waals surface area contributed by atoms with Gasteiger partial charge in [-0.2, -0.15) is 13.2 Å². The van der Waals surface area contributed by atoms with Crippen LogP contribution in [-0.4, -0.2) is 55.5 Å². The van der Waals surface area contributed by atoms with Crippen molar-refractivity contribution >= 4 is 33.1 Å². The first-order valence-corrected chi connectivity index (χ1v) is 15.0. The lowest BCUT2D eigenvalue weighted by molar-refractivity contribution is -0.137. The summed E-state index contributed by atoms with van der Waals surface area (Å²) in [7, 11) is -3.59. The van der Waals surface area contributed by atoms with E-state index in [9.17, 15) is 26.4 Å². The third-order valence-corrected chi connectivity index (χ3v) is 10.1. The van der Waals surface area contributed by atoms with Gasteiger partial charge in [-0.05, 0) is 83.1 Å². The summed E-state index contributed by atoms with van der Waals surface area (Å²) in [5.74, 6) is 0.921. The highest BCUT2D eigenvalue weighted by atomic mass is 32.2. The van der Waals surface area contributed by atoms with Crippen molar-refractivity contribution in [1.82, 2.24) is 9.97 Å². The Bertz CT molecular complexity index is 1530. The Morgan fingerprint density at radius 3 is 2.10 bits per heavy atom. The van der Waals surface area contributed by atoms with E-state index < -0.39 is 37.6 Å². The smallest absolute Gasteiger partial charge is 0.377 e. The fourth-order valence-corrected chi connectivity index (χ4v) is 6.13. The molecule has 9 nitrogen and oxygen atoms in total. The highest BCUT2D eigenvalue weighted by Crippen LogP contribution is 2.35. The predicted octanol–water partition coefficient (Wildman–Crippen LogP) is 6.09. The topological polar surface area (TPSA) is 114 Å². The second kappa shape index (κ2) is 11.9. The van der Waals surface area contributed by atoms with Gasteiger partial charge in [0, 0.05) is 29.5 Å². The molecule has 42 heavy (non-hydrogen) atoms. The Labute approximate surface area is 243 Å². The van der Waals surface area contributed by atoms with Crippen molar-refractivity contribution in [1.29, 1.82) is 0 Å². The van der Waals surface area contributed by atoms with E-state index in [1.54, 1.807) is 58.0 Å². The first-order chi connectivity index (χ1) is 19.6. The van der Waals surface area contributed by atoms with Crippen molar-refractivity contribution in [3.8, 4) is 11.4 Å². The molecule has 13 heteroatoms. The number of hydrogen-bond acceptors (Lipinski definition) is 7. The maximum atomic E-state index is 13.3. The van der Waals surface area contributed by atoms with Crippen LogP contribution in [-0.2, 0) is 25.5 Å². The SMILES string of the molecule is CC(C)S(=O)(=O)C(C)(C)c1cc(N2CCOC[C@@H]2C)nc(-c2ccc(NC(=O)Nc3ccc(C(F)(F)F)cc3)cc2)n1. The number of anilines is 3. The molecule has 2 heterocycles. The molecular weight excluding hydrogens is 571 g/mol. The van der Waals surface area contributed by atoms with Crippen LogP contribution in [0.3, 0.4) is 0 Å². The largest absolute Gasteiger partial charge is 0.416 e. The number of morpholine rings is 1. The van der Waals surface area contributed by atoms with Gasteiger partial charge in [0.1, 0.15) is 10.6 Å². The summed E-state index contributed by atoms with van der Waals surface area (Å²) in [5, 5.41) is 4.52. The van der Waals surface area contributed by atoms with E-state index in [0.29, 0.717) is 48.3 Å². The van der Waals surface area contributed by atoms with Crippen LogP contribution < -0.4 is 15.5 Å². The molecule has 4 rings (SSSR count). The van der Waals surface area contributed by atoms with Crippen molar-refractivity contribution in [3.05, 3.63) is 65.9 Å². The second-order valence-electron chi connectivity index (χ2n) is 10.9. The Balaban J connectivity index is 1.60. The number of urea groups is 1. The lowest BCUT2D eigenvalue weighted by Gasteiger charge is -2.35. The van der Waals surface area contributed by atoms with Gasteiger partial charge in [0.25, 0.3) is 0 Å². The van der Waals surface area contributed by atoms with E-state index in [1.807, 2.05) is 6.92 Å². The molecule has 0 spiro atoms. The highest BCUT2D eigenvalue weighted by Gasteiger charge is 2.40. The zero-order valence-corrected chi connectivity index (χ0v) is 24.8. The average molecular weight is 606 g/mol. The third-order valence-electron chi connectivity index (χ3n) is 7.19. The number of sulfone groups is 1. The second-order valence-corrected chi connectivity index (χ2v) is 13.9. The quantitative estimate of drug-likeness (QED) is 0.335. The van der Waals surface area contributed by atoms with Crippen molar-refractivity contribution < 1.29 is 31.1 Å². The summed E-state index contributed by atoms with van der Waals surface area (Å²) in [6, 6.07) is 11.9. The molecule has 0 aliphatic carbocycles. The van der Waals surface area contributed by atoms with Gasteiger partial charge in [-0.3, -0.25) is 0 Å². The van der Waals surface area contributed by atoms with Gasteiger partial charge in [-0.25, -0.2) is 23.2 Å². The van der Waals surface area contributed by atoms with Crippen LogP contribution in [0.5, 0.6) is 0 Å². The molecule has 1 aromatic heterocycles. The fraction of sp³-hybridized carbons (Fsp3) is 0.414. The number of halogens is 3. The first-order valence-electron chi connectivity index (χ1n) is 13.4. The van der Waals surface area contributed by atoms with Crippen LogP contribution in [0.2, 0.25) is 0 Å². The van der Waals surface area contributed by atoms with Crippen molar-refractivity contribution in [2.24, 2.45) is 0 Å². The molecule has 0 radical (unpaired) electrons. The number of carbonyl (C=O) groups is 1. The van der Waals surface area contributed by atoms with Gasteiger partial charge in [-0.1, -0.05) is 0 Å². The van der Waals surface area contributed by atoms with Gasteiger partial charge in [0.15, 0.2) is 15.7 Å². The molecule has 1 saturated heterocycles. The fourth-order valence-electron chi connectivity index (χ4n) is 4.56. The number of aromatic nitrogens is 2. The number of benzene rings is 2. The zero-order chi connectivity index (χ0) is 30.9. The normalized spacial score (nSPS) is 16.4. The molecule has 0 bridgehead atoms. The van der Waals surface area contributed by atoms with Crippen LogP contribution in [0.15, 0.2) is 54.6 Å². The number of nitrogens with one attached hydrogen (secondary N) is 2. The Kier molecular flexibility index (Phi) is 8.84. The summed E-state index contributed by atoms with van der Waals surface area (Å²) in [6.45, 7) is 10.2. The number of amides is 2. The summed E-state index contributed by atoms with van der Waals surface area (Å²) >= 11 is 0. The molecule has 0 unspecified atom stereocenters. The van der Waals surface area contributed by atoms with Crippen molar-refractivity contribution in [2.75, 3.05) is 35.3 Å². The van der Waals surface area contributed by atoms with Crippen LogP contribution in [0.25, 0.3) is 11.4 Å². The molecule has 226 valence electrons. The van der Waals surface area contributed by atoms with Crippen molar-refractivity contribution in [2.45, 2.75) is 56.8 Å². The maximum Gasteiger partial charge on any atom is 0.416 e. The minimum absolute atomic E-state index is 0.0222. The van der Waals surface area contributed by atoms with Crippen LogP contribution in [0.1, 0.15) is 45.9 Å². The minimum atomic E-state index is -4.47. The molecule has 1 aliphatic heterocycles. The zero-order valence-electron chi connectivity index (χ0n) is 24.0. The molecule has 1 fully saturated rings. The Hall–Kier alpha value is -3.71. The van der Waals surface area contributed by atoms with E-state index in [-0.39, 0.29) is 11.7 Å². The van der Waals surface area contributed by atoms with Gasteiger partial charge in [0.2, 0.25) is 0 Å². The van der Waals surface area contributed by atoms with E-state index in [0.717, 1.165) is 12.1 Å². The van der Waals surface area contributed by atoms with Gasteiger partial charge in [-0.15, -0.1) is 0 Å². The standard InChI is InChI=1S/C29H34F3N5O4S/c1-18(2)42(39,40)28(4,5)24-16-25(37-14-15-41-17-19(37)3)36-26(35-24)20-6-10-22(11-7-20)33-27(38)34-23-12-8-21(9-13-23)29(30,31)32/h6-13,16,18-19H,14-15,17H2,1-5H3,(H2,33,34,38)/t19-/m0/s1. The van der Waals surface area contributed by atoms with Crippen LogP contribution >= 0.6 is 0 Å². The first kappa shape index (κ1) is 31.2. The Morgan fingerprint density at radius 2 is 1.57 bits per heavy atom. The number of ether oxygens (including phenoxy) is 1. The number of alkyl halides is 3. The summed E-state index contributed by atoms with van der Waals surface area (Å²) < 4.78 is 69.2. The number of rotatable bonds is 7. The van der Waals surface area contributed by atoms with Crippen molar-refractivity contribution in [3.63, 3.8) is 0 Å². The minimum Gasteiger partial charge on any atom is -0.377 e. The third kappa shape index (κ3) is 6.67. The van der Waals surface area contributed by atoms with E-state index in [2.05, 4.69) is 20.5 Å². The summed E-state index contributed by atoms with van der Waals surface area (Å²) in [5.41, 5.74) is 0.778. The molecule has 2 aromatic carbocycles. The van der Waals surface area contributed by atoms with Gasteiger partial charge >= 0.3 is 12.2 Å². The lowest BCUT2D eigenvalue weighted by Crippen LogP contribution is -2.44. The van der Waals surface area contributed by atoms with E-state index >= 15 is 0 Å². The number of nitrogens with zero attached hydrogens (tertiary/aromatic N) is 3. The number of carbonyl (C=O) groups excluding carboxylic acids is 1. The maximum absolute atomic E-state index is 13.3.